The van der Waals surface area contributed by atoms with Crippen LogP contribution in [0, 0.1) is 0 Å². The summed E-state index contributed by atoms with van der Waals surface area (Å²) in [7, 11) is 0. The Labute approximate surface area is 312 Å². The molecule has 0 aromatic heterocycles. The normalized spacial score (nSPS) is 10.6. The smallest absolute Gasteiger partial charge is 0.0406 e. The first-order valence-corrected chi connectivity index (χ1v) is 17.9. The first kappa shape index (κ1) is 37.9. The van der Waals surface area contributed by atoms with Crippen LogP contribution in [0.2, 0.25) is 20.1 Å². The molecular formula is C32H24Cl4I4. The summed E-state index contributed by atoms with van der Waals surface area (Å²) in [4.78, 5) is 0. The lowest BCUT2D eigenvalue weighted by molar-refractivity contribution is 1.66. The summed E-state index contributed by atoms with van der Waals surface area (Å²) >= 11 is 31.5. The van der Waals surface area contributed by atoms with E-state index in [0.717, 1.165) is 20.1 Å². The minimum absolute atomic E-state index is 0.783. The molecule has 0 atom stereocenters. The fraction of sp³-hybridized carbons (Fsp3) is 0. The zero-order valence-electron chi connectivity index (χ0n) is 20.9. The average molecular weight is 1060 g/mol. The summed E-state index contributed by atoms with van der Waals surface area (Å²) in [6.45, 7) is 0. The van der Waals surface area contributed by atoms with Gasteiger partial charge in [0.15, 0.2) is 0 Å². The number of hydrogen-bond acceptors (Lipinski definition) is 0. The van der Waals surface area contributed by atoms with Gasteiger partial charge in [-0.15, -0.1) is 0 Å². The highest BCUT2D eigenvalue weighted by atomic mass is 127. The third-order valence-electron chi connectivity index (χ3n) is 4.50. The molecule has 0 radical (unpaired) electrons. The summed E-state index contributed by atoms with van der Waals surface area (Å²) in [6, 6.07) is 30.9. The molecule has 0 aliphatic carbocycles. The fourth-order valence-corrected chi connectivity index (χ4v) is 4.75. The quantitative estimate of drug-likeness (QED) is 0.179. The summed E-state index contributed by atoms with van der Waals surface area (Å²) < 4.78 is 7.89. The van der Waals surface area contributed by atoms with Gasteiger partial charge in [-0.25, -0.2) is 0 Å². The van der Waals surface area contributed by atoms with Gasteiger partial charge in [0.25, 0.3) is 0 Å². The van der Waals surface area contributed by atoms with E-state index in [1.165, 1.54) is 22.3 Å². The molecule has 0 heterocycles. The molecule has 0 saturated carbocycles. The third kappa shape index (κ3) is 19.2. The molecule has 4 aromatic carbocycles. The minimum Gasteiger partial charge on any atom is -0.0843 e. The van der Waals surface area contributed by atoms with Crippen LogP contribution in [-0.4, -0.2) is 0 Å². The van der Waals surface area contributed by atoms with Crippen LogP contribution in [0.3, 0.4) is 0 Å². The fourth-order valence-electron chi connectivity index (χ4n) is 2.59. The van der Waals surface area contributed by atoms with E-state index in [1.54, 1.807) is 0 Å². The maximum absolute atomic E-state index is 5.69. The van der Waals surface area contributed by atoms with Gasteiger partial charge in [-0.2, -0.15) is 0 Å². The van der Waals surface area contributed by atoms with Crippen LogP contribution < -0.4 is 0 Å². The number of hydrogen-bond donors (Lipinski definition) is 0. The number of benzene rings is 4. The molecule has 4 aromatic rings. The standard InChI is InChI=1S/4C8H6ClI/c4*9-8-3-1-7(2-4-8)5-6-10/h4*1-6H/b4*6-5+. The highest BCUT2D eigenvalue weighted by Crippen LogP contribution is 2.13. The Bertz CT molecular complexity index is 1120. The Morgan fingerprint density at radius 1 is 0.300 bits per heavy atom. The van der Waals surface area contributed by atoms with Gasteiger partial charge in [0.05, 0.1) is 0 Å². The topological polar surface area (TPSA) is 0 Å². The Morgan fingerprint density at radius 3 is 0.575 bits per heavy atom. The van der Waals surface area contributed by atoms with Gasteiger partial charge in [0.1, 0.15) is 0 Å². The van der Waals surface area contributed by atoms with Gasteiger partial charge < -0.3 is 0 Å². The maximum Gasteiger partial charge on any atom is 0.0406 e. The molecule has 0 amide bonds. The SMILES string of the molecule is Clc1ccc(/C=C/I)cc1.Clc1ccc(/C=C/I)cc1.Clc1ccc(/C=C/I)cc1.Clc1ccc(/C=C/I)cc1. The second-order valence-electron chi connectivity index (χ2n) is 7.38. The lowest BCUT2D eigenvalue weighted by atomic mass is 10.2. The Morgan fingerprint density at radius 2 is 0.450 bits per heavy atom. The summed E-state index contributed by atoms with van der Waals surface area (Å²) in [5, 5.41) is 3.13. The van der Waals surface area contributed by atoms with Gasteiger partial charge in [-0.05, 0) is 111 Å². The van der Waals surface area contributed by atoms with Gasteiger partial charge in [-0.1, -0.05) is 185 Å². The molecule has 0 unspecified atom stereocenters. The van der Waals surface area contributed by atoms with Crippen molar-refractivity contribution < 1.29 is 0 Å². The lowest BCUT2D eigenvalue weighted by Crippen LogP contribution is -1.67. The maximum atomic E-state index is 5.69. The molecule has 0 aliphatic heterocycles. The molecule has 4 rings (SSSR count). The molecular weight excluding hydrogens is 1030 g/mol. The monoisotopic (exact) mass is 1060 g/mol. The lowest BCUT2D eigenvalue weighted by Gasteiger charge is -1.90. The Hall–Kier alpha value is -0.0800. The van der Waals surface area contributed by atoms with Crippen molar-refractivity contribution in [3.05, 3.63) is 156 Å². The molecule has 0 fully saturated rings. The van der Waals surface area contributed by atoms with Crippen LogP contribution >= 0.6 is 137 Å². The largest absolute Gasteiger partial charge is 0.0843 e. The van der Waals surface area contributed by atoms with Crippen LogP contribution in [0.4, 0.5) is 0 Å². The van der Waals surface area contributed by atoms with Gasteiger partial charge in [0.2, 0.25) is 0 Å². The summed E-state index contributed by atoms with van der Waals surface area (Å²) in [5.74, 6) is 0. The van der Waals surface area contributed by atoms with E-state index in [4.69, 9.17) is 46.4 Å². The predicted molar refractivity (Wildman–Crippen MR) is 218 cm³/mol. The molecule has 0 saturated heterocycles. The van der Waals surface area contributed by atoms with Crippen LogP contribution in [0.5, 0.6) is 0 Å². The van der Waals surface area contributed by atoms with E-state index in [2.05, 4.69) is 90.4 Å². The molecule has 40 heavy (non-hydrogen) atoms. The minimum atomic E-state index is 0.783. The Kier molecular flexibility index (Phi) is 23.1. The van der Waals surface area contributed by atoms with Crippen molar-refractivity contribution in [1.29, 1.82) is 0 Å². The highest BCUT2D eigenvalue weighted by Gasteiger charge is 1.87. The summed E-state index contributed by atoms with van der Waals surface area (Å²) in [6.07, 6.45) is 8.10. The second kappa shape index (κ2) is 24.4. The van der Waals surface area contributed by atoms with Gasteiger partial charge in [0, 0.05) is 20.1 Å². The zero-order valence-corrected chi connectivity index (χ0v) is 32.5. The van der Waals surface area contributed by atoms with Crippen molar-refractivity contribution in [2.45, 2.75) is 0 Å². The zero-order chi connectivity index (χ0) is 29.6. The van der Waals surface area contributed by atoms with E-state index in [1.807, 2.05) is 138 Å². The van der Waals surface area contributed by atoms with Crippen molar-refractivity contribution in [2.75, 3.05) is 0 Å². The molecule has 0 bridgehead atoms. The van der Waals surface area contributed by atoms with Crippen LogP contribution in [0.15, 0.2) is 113 Å². The van der Waals surface area contributed by atoms with Crippen LogP contribution in [0.25, 0.3) is 24.3 Å². The average Bonchev–Trinajstić information content (AvgIpc) is 2.96. The molecule has 0 aliphatic rings. The second-order valence-corrected chi connectivity index (χ2v) is 12.0. The molecule has 8 heteroatoms. The van der Waals surface area contributed by atoms with Crippen molar-refractivity contribution >= 4 is 161 Å². The summed E-state index contributed by atoms with van der Waals surface area (Å²) in [5.41, 5.74) is 4.72. The van der Waals surface area contributed by atoms with Gasteiger partial charge in [-0.3, -0.25) is 0 Å². The molecule has 0 nitrogen and oxygen atoms in total. The third-order valence-corrected chi connectivity index (χ3v) is 6.95. The molecule has 0 N–H and O–H groups in total. The molecule has 0 spiro atoms. The number of rotatable bonds is 4. The van der Waals surface area contributed by atoms with E-state index in [9.17, 15) is 0 Å². The first-order chi connectivity index (χ1) is 19.3. The van der Waals surface area contributed by atoms with Crippen molar-refractivity contribution in [1.82, 2.24) is 0 Å². The Balaban J connectivity index is 0.000000267. The van der Waals surface area contributed by atoms with E-state index < -0.39 is 0 Å². The predicted octanol–water partition coefficient (Wildman–Crippen LogP) is 15.0. The highest BCUT2D eigenvalue weighted by molar-refractivity contribution is 14.1. The number of halogens is 8. The van der Waals surface area contributed by atoms with Gasteiger partial charge >= 0.3 is 0 Å². The van der Waals surface area contributed by atoms with Crippen LogP contribution in [0.1, 0.15) is 22.3 Å². The van der Waals surface area contributed by atoms with Crippen LogP contribution in [-0.2, 0) is 0 Å². The van der Waals surface area contributed by atoms with E-state index in [0.29, 0.717) is 0 Å². The molecule has 208 valence electrons. The van der Waals surface area contributed by atoms with E-state index >= 15 is 0 Å². The van der Waals surface area contributed by atoms with E-state index in [-0.39, 0.29) is 0 Å². The van der Waals surface area contributed by atoms with Crippen molar-refractivity contribution in [3.8, 4) is 0 Å². The van der Waals surface area contributed by atoms with Crippen molar-refractivity contribution in [3.63, 3.8) is 0 Å². The first-order valence-electron chi connectivity index (χ1n) is 11.4. The van der Waals surface area contributed by atoms with Crippen molar-refractivity contribution in [2.24, 2.45) is 0 Å².